The fourth-order valence-electron chi connectivity index (χ4n) is 3.36. The van der Waals surface area contributed by atoms with Gasteiger partial charge in [0.2, 0.25) is 0 Å². The Morgan fingerprint density at radius 3 is 2.88 bits per heavy atom. The molecule has 0 bridgehead atoms. The van der Waals surface area contributed by atoms with Crippen LogP contribution in [-0.4, -0.2) is 22.0 Å². The molecular formula is C19H25N3O2. The molecule has 0 saturated heterocycles. The van der Waals surface area contributed by atoms with Crippen LogP contribution in [0, 0.1) is 0 Å². The summed E-state index contributed by atoms with van der Waals surface area (Å²) in [6.07, 6.45) is 8.10. The lowest BCUT2D eigenvalue weighted by atomic mass is 9.97. The number of aromatic nitrogens is 2. The lowest BCUT2D eigenvalue weighted by Gasteiger charge is -2.13. The highest BCUT2D eigenvalue weighted by Gasteiger charge is 2.13. The highest BCUT2D eigenvalue weighted by Crippen LogP contribution is 2.20. The molecule has 2 N–H and O–H groups in total. The van der Waals surface area contributed by atoms with Crippen LogP contribution in [0.25, 0.3) is 11.0 Å². The number of rotatable bonds is 5. The van der Waals surface area contributed by atoms with Gasteiger partial charge >= 0.3 is 5.69 Å². The molecule has 1 heterocycles. The Morgan fingerprint density at radius 2 is 2.17 bits per heavy atom. The van der Waals surface area contributed by atoms with Gasteiger partial charge in [-0.3, -0.25) is 9.36 Å². The first-order valence-corrected chi connectivity index (χ1v) is 8.76. The SMILES string of the molecule is CC(C)n1c(=O)[nH]c2cc(C(=O)NCCC3=CCCCC3)ccc21. The van der Waals surface area contributed by atoms with Crippen molar-refractivity contribution in [3.63, 3.8) is 0 Å². The fourth-order valence-corrected chi connectivity index (χ4v) is 3.36. The highest BCUT2D eigenvalue weighted by molar-refractivity contribution is 5.97. The van der Waals surface area contributed by atoms with Gasteiger partial charge in [0.1, 0.15) is 0 Å². The van der Waals surface area contributed by atoms with Crippen molar-refractivity contribution in [3.8, 4) is 0 Å². The summed E-state index contributed by atoms with van der Waals surface area (Å²) in [5.74, 6) is -0.0912. The van der Waals surface area contributed by atoms with Gasteiger partial charge in [-0.15, -0.1) is 0 Å². The summed E-state index contributed by atoms with van der Waals surface area (Å²) in [5, 5.41) is 2.98. The average Bonchev–Trinajstić information content (AvgIpc) is 2.90. The Morgan fingerprint density at radius 1 is 1.33 bits per heavy atom. The molecule has 3 rings (SSSR count). The number of benzene rings is 1. The Balaban J connectivity index is 1.69. The second kappa shape index (κ2) is 7.07. The standard InChI is InChI=1S/C19H25N3O2/c1-13(2)22-17-9-8-15(12-16(17)21-19(22)24)18(23)20-11-10-14-6-4-3-5-7-14/h6,8-9,12-13H,3-5,7,10-11H2,1-2H3,(H,20,23)(H,21,24). The van der Waals surface area contributed by atoms with Crippen LogP contribution in [-0.2, 0) is 0 Å². The van der Waals surface area contributed by atoms with Crippen LogP contribution >= 0.6 is 0 Å². The van der Waals surface area contributed by atoms with Crippen molar-refractivity contribution in [2.45, 2.75) is 52.0 Å². The van der Waals surface area contributed by atoms with Gasteiger partial charge in [-0.2, -0.15) is 0 Å². The Labute approximate surface area is 141 Å². The van der Waals surface area contributed by atoms with Gasteiger partial charge in [0.15, 0.2) is 0 Å². The number of carbonyl (C=O) groups excluding carboxylic acids is 1. The summed E-state index contributed by atoms with van der Waals surface area (Å²) in [4.78, 5) is 27.2. The van der Waals surface area contributed by atoms with E-state index in [0.29, 0.717) is 17.6 Å². The molecule has 24 heavy (non-hydrogen) atoms. The van der Waals surface area contributed by atoms with Crippen LogP contribution in [0.15, 0.2) is 34.6 Å². The van der Waals surface area contributed by atoms with E-state index in [1.165, 1.54) is 24.8 Å². The van der Waals surface area contributed by atoms with E-state index in [-0.39, 0.29) is 17.6 Å². The Hall–Kier alpha value is -2.30. The first-order valence-electron chi connectivity index (χ1n) is 8.76. The molecule has 1 aliphatic carbocycles. The second-order valence-corrected chi connectivity index (χ2v) is 6.74. The minimum absolute atomic E-state index is 0.0784. The van der Waals surface area contributed by atoms with E-state index in [2.05, 4.69) is 16.4 Å². The minimum Gasteiger partial charge on any atom is -0.352 e. The number of H-pyrrole nitrogens is 1. The molecule has 0 aliphatic heterocycles. The number of nitrogens with zero attached hydrogens (tertiary/aromatic N) is 1. The lowest BCUT2D eigenvalue weighted by molar-refractivity contribution is 0.0954. The molecule has 2 aromatic rings. The number of allylic oxidation sites excluding steroid dienone is 1. The number of fused-ring (bicyclic) bond motifs is 1. The van der Waals surface area contributed by atoms with E-state index < -0.39 is 0 Å². The molecule has 128 valence electrons. The molecule has 1 aromatic heterocycles. The molecule has 0 spiro atoms. The van der Waals surface area contributed by atoms with Crippen molar-refractivity contribution >= 4 is 16.9 Å². The maximum Gasteiger partial charge on any atom is 0.326 e. The molecule has 0 saturated carbocycles. The lowest BCUT2D eigenvalue weighted by Crippen LogP contribution is -2.24. The van der Waals surface area contributed by atoms with E-state index in [4.69, 9.17) is 0 Å². The molecule has 5 heteroatoms. The van der Waals surface area contributed by atoms with Crippen LogP contribution in [0.1, 0.15) is 62.4 Å². The van der Waals surface area contributed by atoms with Crippen LogP contribution < -0.4 is 11.0 Å². The average molecular weight is 327 g/mol. The molecule has 5 nitrogen and oxygen atoms in total. The smallest absolute Gasteiger partial charge is 0.326 e. The van der Waals surface area contributed by atoms with Gasteiger partial charge < -0.3 is 10.3 Å². The monoisotopic (exact) mass is 327 g/mol. The van der Waals surface area contributed by atoms with Crippen molar-refractivity contribution in [3.05, 3.63) is 45.9 Å². The number of nitrogens with one attached hydrogen (secondary N) is 2. The van der Waals surface area contributed by atoms with Gasteiger partial charge in [0.25, 0.3) is 5.91 Å². The third-order valence-corrected chi connectivity index (χ3v) is 4.61. The third-order valence-electron chi connectivity index (χ3n) is 4.61. The fraction of sp³-hybridized carbons (Fsp3) is 0.474. The Bertz CT molecular complexity index is 827. The van der Waals surface area contributed by atoms with Crippen molar-refractivity contribution < 1.29 is 4.79 Å². The summed E-state index contributed by atoms with van der Waals surface area (Å²) in [6, 6.07) is 5.45. The zero-order valence-electron chi connectivity index (χ0n) is 14.4. The first-order chi connectivity index (χ1) is 11.6. The summed E-state index contributed by atoms with van der Waals surface area (Å²) in [6.45, 7) is 4.59. The predicted octanol–water partition coefficient (Wildman–Crippen LogP) is 3.53. The quantitative estimate of drug-likeness (QED) is 0.825. The summed E-state index contributed by atoms with van der Waals surface area (Å²) < 4.78 is 1.70. The normalized spacial score (nSPS) is 14.9. The summed E-state index contributed by atoms with van der Waals surface area (Å²) in [7, 11) is 0. The van der Waals surface area contributed by atoms with Crippen LogP contribution in [0.5, 0.6) is 0 Å². The number of carbonyl (C=O) groups is 1. The minimum atomic E-state index is -0.137. The zero-order chi connectivity index (χ0) is 17.1. The number of imidazole rings is 1. The molecular weight excluding hydrogens is 302 g/mol. The molecule has 1 aliphatic rings. The summed E-state index contributed by atoms with van der Waals surface area (Å²) >= 11 is 0. The number of hydrogen-bond donors (Lipinski definition) is 2. The molecule has 1 amide bonds. The Kier molecular flexibility index (Phi) is 4.88. The van der Waals surface area contributed by atoms with Crippen molar-refractivity contribution in [2.24, 2.45) is 0 Å². The highest BCUT2D eigenvalue weighted by atomic mass is 16.2. The van der Waals surface area contributed by atoms with Gasteiger partial charge in [-0.05, 0) is 64.2 Å². The second-order valence-electron chi connectivity index (χ2n) is 6.74. The molecule has 1 aromatic carbocycles. The van der Waals surface area contributed by atoms with Gasteiger partial charge in [-0.1, -0.05) is 11.6 Å². The number of amides is 1. The molecule has 0 atom stereocenters. The predicted molar refractivity (Wildman–Crippen MR) is 96.4 cm³/mol. The molecule has 0 radical (unpaired) electrons. The van der Waals surface area contributed by atoms with Gasteiger partial charge in [-0.25, -0.2) is 4.79 Å². The van der Waals surface area contributed by atoms with E-state index in [9.17, 15) is 9.59 Å². The maximum absolute atomic E-state index is 12.3. The van der Waals surface area contributed by atoms with E-state index in [1.807, 2.05) is 19.9 Å². The molecule has 0 unspecified atom stereocenters. The number of hydrogen-bond acceptors (Lipinski definition) is 2. The first kappa shape index (κ1) is 16.6. The van der Waals surface area contributed by atoms with Crippen molar-refractivity contribution in [2.75, 3.05) is 6.54 Å². The van der Waals surface area contributed by atoms with E-state index in [1.54, 1.807) is 16.7 Å². The van der Waals surface area contributed by atoms with Crippen molar-refractivity contribution in [1.29, 1.82) is 0 Å². The topological polar surface area (TPSA) is 66.9 Å². The molecule has 0 fully saturated rings. The van der Waals surface area contributed by atoms with Gasteiger partial charge in [0, 0.05) is 18.2 Å². The van der Waals surface area contributed by atoms with Crippen LogP contribution in [0.3, 0.4) is 0 Å². The van der Waals surface area contributed by atoms with E-state index >= 15 is 0 Å². The van der Waals surface area contributed by atoms with Crippen LogP contribution in [0.4, 0.5) is 0 Å². The van der Waals surface area contributed by atoms with E-state index in [0.717, 1.165) is 18.4 Å². The maximum atomic E-state index is 12.3. The largest absolute Gasteiger partial charge is 0.352 e. The third kappa shape index (κ3) is 3.45. The van der Waals surface area contributed by atoms with Crippen molar-refractivity contribution in [1.82, 2.24) is 14.9 Å². The van der Waals surface area contributed by atoms with Crippen LogP contribution in [0.2, 0.25) is 0 Å². The summed E-state index contributed by atoms with van der Waals surface area (Å²) in [5.41, 5.74) is 3.43. The van der Waals surface area contributed by atoms with Gasteiger partial charge in [0.05, 0.1) is 11.0 Å². The number of aromatic amines is 1. The zero-order valence-corrected chi connectivity index (χ0v) is 14.4.